The van der Waals surface area contributed by atoms with E-state index < -0.39 is 44.5 Å². The van der Waals surface area contributed by atoms with Gasteiger partial charge in [0, 0.05) is 22.7 Å². The van der Waals surface area contributed by atoms with Crippen LogP contribution in [0.25, 0.3) is 0 Å². The van der Waals surface area contributed by atoms with E-state index >= 15 is 0 Å². The number of alkyl carbamates (subject to hydrolysis) is 1. The summed E-state index contributed by atoms with van der Waals surface area (Å²) in [7, 11) is -4.42. The van der Waals surface area contributed by atoms with Gasteiger partial charge < -0.3 is 20.1 Å². The number of anilines is 1. The molecule has 45 heavy (non-hydrogen) atoms. The van der Waals surface area contributed by atoms with E-state index in [2.05, 4.69) is 10.6 Å². The number of ether oxygens (including phenoxy) is 2. The second kappa shape index (κ2) is 12.4. The predicted octanol–water partition coefficient (Wildman–Crippen LogP) is 5.81. The molecule has 1 aliphatic rings. The number of amides is 3. The Hall–Kier alpha value is -4.09. The Morgan fingerprint density at radius 3 is 2.20 bits per heavy atom. The van der Waals surface area contributed by atoms with E-state index in [1.54, 1.807) is 84.0 Å². The van der Waals surface area contributed by atoms with Crippen LogP contribution in [-0.2, 0) is 25.0 Å². The zero-order chi connectivity index (χ0) is 33.4. The van der Waals surface area contributed by atoms with Crippen LogP contribution in [0.2, 0.25) is 5.02 Å². The van der Waals surface area contributed by atoms with Gasteiger partial charge in [-0.3, -0.25) is 9.59 Å². The standard InChI is InChI=1S/C33H38ClN3O7S/c1-8-43-22-15-18-27-25(19-22)33(7,24-11-9-10-12-26(24)34)29(39)37(27)45(41,42)23-16-13-21(14-17-23)28(38)36-32(5,6)20-35-30(40)44-31(2,3)4/h9-19H,8,20H2,1-7H3,(H,35,40)(H,36,38). The zero-order valence-electron chi connectivity index (χ0n) is 26.4. The monoisotopic (exact) mass is 655 g/mol. The largest absolute Gasteiger partial charge is 0.494 e. The minimum absolute atomic E-state index is 0.0891. The first-order chi connectivity index (χ1) is 20.9. The third-order valence-electron chi connectivity index (χ3n) is 7.24. The van der Waals surface area contributed by atoms with Crippen LogP contribution in [0.1, 0.15) is 70.0 Å². The van der Waals surface area contributed by atoms with Gasteiger partial charge in [0.2, 0.25) is 0 Å². The number of fused-ring (bicyclic) bond motifs is 1. The van der Waals surface area contributed by atoms with E-state index in [4.69, 9.17) is 21.1 Å². The fraction of sp³-hybridized carbons (Fsp3) is 0.364. The topological polar surface area (TPSA) is 131 Å². The molecule has 0 radical (unpaired) electrons. The maximum atomic E-state index is 14.2. The number of hydrogen-bond donors (Lipinski definition) is 2. The van der Waals surface area contributed by atoms with E-state index in [9.17, 15) is 22.8 Å². The molecule has 10 nitrogen and oxygen atoms in total. The minimum atomic E-state index is -4.42. The molecular formula is C33H38ClN3O7S. The van der Waals surface area contributed by atoms with Crippen LogP contribution in [0.4, 0.5) is 10.5 Å². The molecular weight excluding hydrogens is 618 g/mol. The molecule has 3 amide bonds. The first kappa shape index (κ1) is 33.8. The molecule has 1 aliphatic heterocycles. The maximum absolute atomic E-state index is 14.2. The summed E-state index contributed by atoms with van der Waals surface area (Å²) in [4.78, 5) is 39.1. The number of rotatable bonds is 9. The molecule has 1 atom stereocenters. The van der Waals surface area contributed by atoms with Crippen LogP contribution >= 0.6 is 11.6 Å². The highest BCUT2D eigenvalue weighted by atomic mass is 35.5. The van der Waals surface area contributed by atoms with Gasteiger partial charge in [0.05, 0.1) is 22.7 Å². The Labute approximate surface area is 269 Å². The molecule has 0 bridgehead atoms. The summed E-state index contributed by atoms with van der Waals surface area (Å²) in [6.07, 6.45) is -0.614. The van der Waals surface area contributed by atoms with Gasteiger partial charge in [-0.2, -0.15) is 0 Å². The van der Waals surface area contributed by atoms with Gasteiger partial charge >= 0.3 is 6.09 Å². The minimum Gasteiger partial charge on any atom is -0.494 e. The summed E-state index contributed by atoms with van der Waals surface area (Å²) in [5.41, 5.74) is -1.67. The fourth-order valence-corrected chi connectivity index (χ4v) is 6.89. The molecule has 3 aromatic rings. The van der Waals surface area contributed by atoms with Crippen molar-refractivity contribution in [1.82, 2.24) is 10.6 Å². The number of nitrogens with zero attached hydrogens (tertiary/aromatic N) is 1. The van der Waals surface area contributed by atoms with Crippen molar-refractivity contribution in [3.63, 3.8) is 0 Å². The van der Waals surface area contributed by atoms with Crippen molar-refractivity contribution >= 4 is 45.2 Å². The van der Waals surface area contributed by atoms with Gasteiger partial charge in [-0.25, -0.2) is 17.5 Å². The van der Waals surface area contributed by atoms with E-state index in [0.717, 1.165) is 4.31 Å². The lowest BCUT2D eigenvalue weighted by Crippen LogP contribution is -2.52. The van der Waals surface area contributed by atoms with Gasteiger partial charge in [-0.15, -0.1) is 0 Å². The van der Waals surface area contributed by atoms with Gasteiger partial charge in [-0.1, -0.05) is 29.8 Å². The molecule has 1 unspecified atom stereocenters. The Morgan fingerprint density at radius 2 is 1.60 bits per heavy atom. The average molecular weight is 656 g/mol. The molecule has 240 valence electrons. The van der Waals surface area contributed by atoms with E-state index in [-0.39, 0.29) is 22.7 Å². The summed E-state index contributed by atoms with van der Waals surface area (Å²) in [5.74, 6) is -0.686. The van der Waals surface area contributed by atoms with E-state index in [0.29, 0.717) is 28.5 Å². The first-order valence-electron chi connectivity index (χ1n) is 14.4. The van der Waals surface area contributed by atoms with Crippen LogP contribution in [0.15, 0.2) is 71.6 Å². The first-order valence-corrected chi connectivity index (χ1v) is 16.2. The molecule has 3 aromatic carbocycles. The summed E-state index contributed by atoms with van der Waals surface area (Å²) in [5, 5.41) is 5.78. The third-order valence-corrected chi connectivity index (χ3v) is 9.28. The van der Waals surface area contributed by atoms with Gasteiger partial charge in [0.15, 0.2) is 0 Å². The smallest absolute Gasteiger partial charge is 0.407 e. The van der Waals surface area contributed by atoms with E-state index in [1.165, 1.54) is 24.3 Å². The van der Waals surface area contributed by atoms with Gasteiger partial charge in [0.25, 0.3) is 21.8 Å². The molecule has 0 spiro atoms. The van der Waals surface area contributed by atoms with Crippen molar-refractivity contribution in [1.29, 1.82) is 0 Å². The Balaban J connectivity index is 1.61. The summed E-state index contributed by atoms with van der Waals surface area (Å²) < 4.78 is 39.8. The lowest BCUT2D eigenvalue weighted by atomic mass is 9.77. The molecule has 4 rings (SSSR count). The molecule has 0 saturated heterocycles. The number of benzene rings is 3. The number of halogens is 1. The number of nitrogens with one attached hydrogen (secondary N) is 2. The Bertz CT molecular complexity index is 1730. The van der Waals surface area contributed by atoms with Crippen LogP contribution < -0.4 is 19.7 Å². The number of hydrogen-bond acceptors (Lipinski definition) is 7. The lowest BCUT2D eigenvalue weighted by Gasteiger charge is -2.28. The van der Waals surface area contributed by atoms with Crippen molar-refractivity contribution < 1.29 is 32.3 Å². The molecule has 0 saturated carbocycles. The lowest BCUT2D eigenvalue weighted by molar-refractivity contribution is -0.120. The molecule has 0 aromatic heterocycles. The number of sulfonamides is 1. The van der Waals surface area contributed by atoms with Crippen molar-refractivity contribution in [2.24, 2.45) is 0 Å². The van der Waals surface area contributed by atoms with Crippen LogP contribution in [0, 0.1) is 0 Å². The molecule has 12 heteroatoms. The normalized spacial score (nSPS) is 16.6. The van der Waals surface area contributed by atoms with Crippen LogP contribution in [-0.4, -0.2) is 50.6 Å². The second-order valence-electron chi connectivity index (χ2n) is 12.5. The highest BCUT2D eigenvalue weighted by Crippen LogP contribution is 2.50. The summed E-state index contributed by atoms with van der Waals surface area (Å²) in [6.45, 7) is 12.6. The number of carbonyl (C=O) groups excluding carboxylic acids is 3. The molecule has 1 heterocycles. The predicted molar refractivity (Wildman–Crippen MR) is 172 cm³/mol. The van der Waals surface area contributed by atoms with Crippen molar-refractivity contribution in [3.8, 4) is 5.75 Å². The van der Waals surface area contributed by atoms with Crippen LogP contribution in [0.5, 0.6) is 5.75 Å². The molecule has 0 fully saturated rings. The quantitative estimate of drug-likeness (QED) is 0.297. The Kier molecular flexibility index (Phi) is 9.28. The van der Waals surface area contributed by atoms with Crippen molar-refractivity contribution in [2.45, 2.75) is 69.9 Å². The summed E-state index contributed by atoms with van der Waals surface area (Å²) >= 11 is 6.54. The molecule has 2 N–H and O–H groups in total. The highest BCUT2D eigenvalue weighted by Gasteiger charge is 2.54. The zero-order valence-corrected chi connectivity index (χ0v) is 27.9. The molecule has 0 aliphatic carbocycles. The maximum Gasteiger partial charge on any atom is 0.407 e. The average Bonchev–Trinajstić information content (AvgIpc) is 3.18. The van der Waals surface area contributed by atoms with Gasteiger partial charge in [0.1, 0.15) is 16.8 Å². The van der Waals surface area contributed by atoms with Crippen molar-refractivity contribution in [3.05, 3.63) is 88.4 Å². The second-order valence-corrected chi connectivity index (χ2v) is 14.7. The summed E-state index contributed by atoms with van der Waals surface area (Å²) in [6, 6.07) is 16.9. The Morgan fingerprint density at radius 1 is 0.956 bits per heavy atom. The van der Waals surface area contributed by atoms with Crippen LogP contribution in [0.3, 0.4) is 0 Å². The number of carbonyl (C=O) groups is 3. The fourth-order valence-electron chi connectivity index (χ4n) is 5.06. The van der Waals surface area contributed by atoms with Crippen molar-refractivity contribution in [2.75, 3.05) is 17.5 Å². The van der Waals surface area contributed by atoms with Gasteiger partial charge in [-0.05, 0) is 103 Å². The SMILES string of the molecule is CCOc1ccc2c(c1)C(C)(c1ccccc1Cl)C(=O)N2S(=O)(=O)c1ccc(C(=O)NC(C)(C)CNC(=O)OC(C)(C)C)cc1. The highest BCUT2D eigenvalue weighted by molar-refractivity contribution is 7.93. The van der Waals surface area contributed by atoms with E-state index in [1.807, 2.05) is 6.92 Å². The third kappa shape index (κ3) is 6.94.